The molecule has 25 heavy (non-hydrogen) atoms. The highest BCUT2D eigenvalue weighted by molar-refractivity contribution is 5.65. The number of ether oxygens (including phenoxy) is 1. The molecule has 4 rings (SSSR count). The van der Waals surface area contributed by atoms with Gasteiger partial charge < -0.3 is 9.15 Å². The number of aryl methyl sites for hydroxylation is 1. The second-order valence-electron chi connectivity index (χ2n) is 9.70. The summed E-state index contributed by atoms with van der Waals surface area (Å²) in [6.45, 7) is 9.50. The van der Waals surface area contributed by atoms with Gasteiger partial charge in [-0.1, -0.05) is 27.2 Å². The molecule has 3 aliphatic rings. The third kappa shape index (κ3) is 2.41. The molecule has 0 aromatic carbocycles. The van der Waals surface area contributed by atoms with Gasteiger partial charge >= 0.3 is 5.97 Å². The predicted octanol–water partition coefficient (Wildman–Crippen LogP) is 5.27. The summed E-state index contributed by atoms with van der Waals surface area (Å²) >= 11 is 0. The topological polar surface area (TPSA) is 39.4 Å². The van der Waals surface area contributed by atoms with E-state index < -0.39 is 0 Å². The van der Waals surface area contributed by atoms with Crippen LogP contribution in [0.4, 0.5) is 0 Å². The zero-order valence-corrected chi connectivity index (χ0v) is 16.2. The van der Waals surface area contributed by atoms with Gasteiger partial charge in [0.25, 0.3) is 0 Å². The summed E-state index contributed by atoms with van der Waals surface area (Å²) in [5.41, 5.74) is 3.59. The lowest BCUT2D eigenvalue weighted by molar-refractivity contribution is -0.160. The summed E-state index contributed by atoms with van der Waals surface area (Å²) in [6.07, 6.45) is 12.6. The van der Waals surface area contributed by atoms with Crippen molar-refractivity contribution in [3.63, 3.8) is 0 Å². The molecule has 3 nitrogen and oxygen atoms in total. The highest BCUT2D eigenvalue weighted by Gasteiger charge is 2.61. The lowest BCUT2D eigenvalue weighted by Crippen LogP contribution is -2.58. The van der Waals surface area contributed by atoms with E-state index in [1.54, 1.807) is 0 Å². The van der Waals surface area contributed by atoms with Gasteiger partial charge in [0.1, 0.15) is 0 Å². The molecule has 1 aromatic rings. The number of carbonyl (C=O) groups excluding carboxylic acids is 1. The molecule has 138 valence electrons. The smallest absolute Gasteiger partial charge is 0.302 e. The summed E-state index contributed by atoms with van der Waals surface area (Å²) in [6, 6.07) is 0. The summed E-state index contributed by atoms with van der Waals surface area (Å²) in [5.74, 6) is 1.19. The fraction of sp³-hybridized carbons (Fsp3) is 0.773. The lowest BCUT2D eigenvalue weighted by Gasteiger charge is -2.64. The van der Waals surface area contributed by atoms with Crippen molar-refractivity contribution in [1.29, 1.82) is 0 Å². The molecule has 5 atom stereocenters. The molecule has 0 radical (unpaired) electrons. The molecule has 2 saturated carbocycles. The summed E-state index contributed by atoms with van der Waals surface area (Å²) in [4.78, 5) is 11.4. The van der Waals surface area contributed by atoms with Crippen molar-refractivity contribution in [3.05, 3.63) is 23.7 Å². The first-order chi connectivity index (χ1) is 11.8. The van der Waals surface area contributed by atoms with Gasteiger partial charge in [-0.05, 0) is 72.3 Å². The van der Waals surface area contributed by atoms with Gasteiger partial charge in [-0.2, -0.15) is 0 Å². The maximum Gasteiger partial charge on any atom is 0.302 e. The zero-order valence-electron chi connectivity index (χ0n) is 16.2. The van der Waals surface area contributed by atoms with Gasteiger partial charge in [-0.15, -0.1) is 0 Å². The molecular formula is C22H32O3. The van der Waals surface area contributed by atoms with Crippen LogP contribution in [-0.2, 0) is 21.4 Å². The Morgan fingerprint density at radius 2 is 1.96 bits per heavy atom. The van der Waals surface area contributed by atoms with Crippen molar-refractivity contribution in [2.24, 2.45) is 22.7 Å². The third-order valence-electron chi connectivity index (χ3n) is 8.28. The van der Waals surface area contributed by atoms with Gasteiger partial charge in [0.2, 0.25) is 0 Å². The van der Waals surface area contributed by atoms with Crippen molar-refractivity contribution >= 4 is 5.97 Å². The normalized spacial score (nSPS) is 42.9. The van der Waals surface area contributed by atoms with E-state index in [-0.39, 0.29) is 16.8 Å². The first-order valence-corrected chi connectivity index (χ1v) is 9.98. The van der Waals surface area contributed by atoms with Gasteiger partial charge in [0.05, 0.1) is 19.1 Å². The Morgan fingerprint density at radius 1 is 1.16 bits per heavy atom. The zero-order chi connectivity index (χ0) is 17.9. The lowest BCUT2D eigenvalue weighted by atomic mass is 9.40. The maximum absolute atomic E-state index is 11.4. The van der Waals surface area contributed by atoms with E-state index in [1.165, 1.54) is 56.6 Å². The number of carbonyl (C=O) groups is 1. The van der Waals surface area contributed by atoms with E-state index in [1.807, 2.05) is 12.5 Å². The van der Waals surface area contributed by atoms with E-state index in [9.17, 15) is 4.79 Å². The molecule has 0 aliphatic heterocycles. The number of furan rings is 1. The first kappa shape index (κ1) is 17.2. The first-order valence-electron chi connectivity index (χ1n) is 9.98. The molecule has 0 saturated heterocycles. The summed E-state index contributed by atoms with van der Waals surface area (Å²) in [7, 11) is 0. The van der Waals surface area contributed by atoms with Gasteiger partial charge in [-0.25, -0.2) is 0 Å². The number of rotatable bonds is 2. The summed E-state index contributed by atoms with van der Waals surface area (Å²) < 4.78 is 11.1. The van der Waals surface area contributed by atoms with E-state index in [4.69, 9.17) is 9.15 Å². The van der Waals surface area contributed by atoms with Crippen LogP contribution < -0.4 is 0 Å². The van der Waals surface area contributed by atoms with Crippen LogP contribution in [0, 0.1) is 22.7 Å². The van der Waals surface area contributed by atoms with Crippen LogP contribution >= 0.6 is 0 Å². The van der Waals surface area contributed by atoms with Crippen LogP contribution in [0.3, 0.4) is 0 Å². The number of esters is 1. The van der Waals surface area contributed by atoms with Crippen LogP contribution in [0.15, 0.2) is 16.9 Å². The Bertz CT molecular complexity index is 677. The molecule has 2 fully saturated rings. The average Bonchev–Trinajstić information content (AvgIpc) is 3.02. The minimum absolute atomic E-state index is 0.122. The van der Waals surface area contributed by atoms with E-state index in [0.29, 0.717) is 23.9 Å². The SMILES string of the molecule is CC(=O)OC[C@@]1(C)CCC[C@@]2(C)C1CC[C@@]1(C)c3cocc3CCC21. The molecule has 3 aliphatic carbocycles. The second kappa shape index (κ2) is 5.62. The fourth-order valence-corrected chi connectivity index (χ4v) is 7.19. The van der Waals surface area contributed by atoms with Crippen LogP contribution in [0.2, 0.25) is 0 Å². The Balaban J connectivity index is 1.69. The highest BCUT2D eigenvalue weighted by Crippen LogP contribution is 2.67. The van der Waals surface area contributed by atoms with E-state index in [0.717, 1.165) is 6.42 Å². The van der Waals surface area contributed by atoms with E-state index in [2.05, 4.69) is 20.8 Å². The Kier molecular flexibility index (Phi) is 3.86. The van der Waals surface area contributed by atoms with Crippen LogP contribution in [0.25, 0.3) is 0 Å². The summed E-state index contributed by atoms with van der Waals surface area (Å²) in [5, 5.41) is 0. The predicted molar refractivity (Wildman–Crippen MR) is 97.3 cm³/mol. The molecule has 0 amide bonds. The number of fused-ring (bicyclic) bond motifs is 5. The Morgan fingerprint density at radius 3 is 2.72 bits per heavy atom. The Hall–Kier alpha value is -1.25. The van der Waals surface area contributed by atoms with E-state index >= 15 is 0 Å². The highest BCUT2D eigenvalue weighted by atomic mass is 16.5. The number of hydrogen-bond acceptors (Lipinski definition) is 3. The van der Waals surface area contributed by atoms with Crippen molar-refractivity contribution < 1.29 is 13.9 Å². The molecule has 0 spiro atoms. The van der Waals surface area contributed by atoms with Crippen molar-refractivity contribution in [3.8, 4) is 0 Å². The standard InChI is InChI=1S/C22H32O3/c1-15(23)25-14-20(2)9-5-10-22(4)18(20)8-11-21(3)17-13-24-12-16(17)6-7-19(21)22/h12-13,18-19H,5-11,14H2,1-4H3/t18?,19?,20-,21+,22+/m1/s1. The number of hydrogen-bond donors (Lipinski definition) is 0. The molecule has 1 heterocycles. The van der Waals surface area contributed by atoms with Crippen molar-refractivity contribution in [2.45, 2.75) is 78.1 Å². The monoisotopic (exact) mass is 344 g/mol. The van der Waals surface area contributed by atoms with Gasteiger partial charge in [-0.3, -0.25) is 4.79 Å². The molecule has 0 bridgehead atoms. The quantitative estimate of drug-likeness (QED) is 0.686. The second-order valence-corrected chi connectivity index (χ2v) is 9.70. The van der Waals surface area contributed by atoms with Gasteiger partial charge in [0.15, 0.2) is 0 Å². The van der Waals surface area contributed by atoms with Crippen LogP contribution in [-0.4, -0.2) is 12.6 Å². The van der Waals surface area contributed by atoms with Crippen molar-refractivity contribution in [1.82, 2.24) is 0 Å². The van der Waals surface area contributed by atoms with Crippen LogP contribution in [0.1, 0.15) is 77.3 Å². The van der Waals surface area contributed by atoms with Gasteiger partial charge in [0, 0.05) is 12.3 Å². The van der Waals surface area contributed by atoms with Crippen molar-refractivity contribution in [2.75, 3.05) is 6.61 Å². The average molecular weight is 344 g/mol. The third-order valence-corrected chi connectivity index (χ3v) is 8.28. The fourth-order valence-electron chi connectivity index (χ4n) is 7.19. The minimum Gasteiger partial charge on any atom is -0.472 e. The molecule has 3 heteroatoms. The largest absolute Gasteiger partial charge is 0.472 e. The Labute approximate surface area is 151 Å². The molecule has 0 N–H and O–H groups in total. The minimum atomic E-state index is -0.144. The molecule has 1 aromatic heterocycles. The maximum atomic E-state index is 11.4. The van der Waals surface area contributed by atoms with Crippen LogP contribution in [0.5, 0.6) is 0 Å². The molecule has 2 unspecified atom stereocenters. The molecular weight excluding hydrogens is 312 g/mol.